The van der Waals surface area contributed by atoms with Gasteiger partial charge in [-0.3, -0.25) is 14.4 Å². The predicted octanol–water partition coefficient (Wildman–Crippen LogP) is 14.7. The van der Waals surface area contributed by atoms with Crippen molar-refractivity contribution in [2.75, 3.05) is 13.2 Å². The summed E-state index contributed by atoms with van der Waals surface area (Å²) >= 11 is 0. The second-order valence-corrected chi connectivity index (χ2v) is 14.9. The highest BCUT2D eigenvalue weighted by Crippen LogP contribution is 2.12. The normalized spacial score (nSPS) is 12.7. The Kier molecular flexibility index (Phi) is 42.1. The van der Waals surface area contributed by atoms with E-state index in [0.717, 1.165) is 109 Å². The van der Waals surface area contributed by atoms with Gasteiger partial charge >= 0.3 is 17.9 Å². The molecule has 0 radical (unpaired) electrons. The van der Waals surface area contributed by atoms with Gasteiger partial charge in [0.25, 0.3) is 0 Å². The average Bonchev–Trinajstić information content (AvgIpc) is 3.19. The van der Waals surface area contributed by atoms with Crippen LogP contribution in [0.25, 0.3) is 0 Å². The minimum atomic E-state index is -0.797. The molecule has 0 saturated heterocycles. The number of allylic oxidation sites excluding steroid dienone is 12. The van der Waals surface area contributed by atoms with E-state index < -0.39 is 6.10 Å². The molecule has 0 saturated carbocycles. The fourth-order valence-corrected chi connectivity index (χ4v) is 5.94. The van der Waals surface area contributed by atoms with E-state index in [9.17, 15) is 14.4 Å². The second kappa shape index (κ2) is 44.6. The number of hydrogen-bond acceptors (Lipinski definition) is 6. The molecule has 0 heterocycles. The van der Waals surface area contributed by atoms with Crippen LogP contribution in [0, 0.1) is 0 Å². The number of unbranched alkanes of at least 4 members (excludes halogenated alkanes) is 17. The van der Waals surface area contributed by atoms with E-state index in [1.165, 1.54) is 57.8 Å². The highest BCUT2D eigenvalue weighted by Gasteiger charge is 2.19. The minimum absolute atomic E-state index is 0.0972. The highest BCUT2D eigenvalue weighted by molar-refractivity contribution is 5.71. The van der Waals surface area contributed by atoms with E-state index in [-0.39, 0.29) is 31.1 Å². The van der Waals surface area contributed by atoms with Gasteiger partial charge in [-0.05, 0) is 103 Å². The molecule has 0 aromatic heterocycles. The van der Waals surface area contributed by atoms with Gasteiger partial charge in [0, 0.05) is 19.3 Å². The van der Waals surface area contributed by atoms with Crippen LogP contribution < -0.4 is 0 Å². The number of hydrogen-bond donors (Lipinski definition) is 0. The van der Waals surface area contributed by atoms with Gasteiger partial charge in [0.1, 0.15) is 13.2 Å². The Balaban J connectivity index is 4.48. The quantitative estimate of drug-likeness (QED) is 0.0267. The van der Waals surface area contributed by atoms with Crippen LogP contribution in [0.5, 0.6) is 0 Å². The zero-order chi connectivity index (χ0) is 40.8. The molecule has 0 aliphatic heterocycles. The third-order valence-corrected chi connectivity index (χ3v) is 9.41. The molecule has 320 valence electrons. The minimum Gasteiger partial charge on any atom is -0.462 e. The molecule has 0 amide bonds. The molecule has 0 aromatic carbocycles. The number of carbonyl (C=O) groups excluding carboxylic acids is 3. The van der Waals surface area contributed by atoms with Crippen molar-refractivity contribution in [2.24, 2.45) is 0 Å². The lowest BCUT2D eigenvalue weighted by molar-refractivity contribution is -0.167. The molecule has 0 aliphatic rings. The molecular formula is C50H84O6. The van der Waals surface area contributed by atoms with Crippen molar-refractivity contribution in [3.05, 3.63) is 72.9 Å². The summed E-state index contributed by atoms with van der Waals surface area (Å²) in [5.41, 5.74) is 0. The molecule has 6 nitrogen and oxygen atoms in total. The van der Waals surface area contributed by atoms with E-state index >= 15 is 0 Å². The van der Waals surface area contributed by atoms with Crippen LogP contribution in [-0.4, -0.2) is 37.2 Å². The third-order valence-electron chi connectivity index (χ3n) is 9.41. The van der Waals surface area contributed by atoms with Gasteiger partial charge in [-0.25, -0.2) is 0 Å². The van der Waals surface area contributed by atoms with Crippen molar-refractivity contribution in [2.45, 2.75) is 213 Å². The van der Waals surface area contributed by atoms with Gasteiger partial charge < -0.3 is 14.2 Å². The van der Waals surface area contributed by atoms with Crippen molar-refractivity contribution in [3.8, 4) is 0 Å². The van der Waals surface area contributed by atoms with E-state index in [1.54, 1.807) is 0 Å². The first kappa shape index (κ1) is 52.9. The van der Waals surface area contributed by atoms with Gasteiger partial charge in [0.2, 0.25) is 0 Å². The van der Waals surface area contributed by atoms with E-state index in [1.807, 2.05) is 0 Å². The first-order valence-corrected chi connectivity index (χ1v) is 22.9. The fraction of sp³-hybridized carbons (Fsp3) is 0.700. The van der Waals surface area contributed by atoms with Crippen molar-refractivity contribution in [1.82, 2.24) is 0 Å². The fourth-order valence-electron chi connectivity index (χ4n) is 5.94. The molecule has 0 bridgehead atoms. The SMILES string of the molecule is CC/C=C\C/C=C\C/C=C\C/C=C\CCCCC(=O)OC[C@@H](COC(=O)CCCCCCC/C=C\CCCC)OC(=O)CCCCCCC/C=C\CCCCC. The Bertz CT molecular complexity index is 1080. The molecule has 6 heteroatoms. The molecule has 56 heavy (non-hydrogen) atoms. The number of esters is 3. The Morgan fingerprint density at radius 3 is 1.20 bits per heavy atom. The van der Waals surface area contributed by atoms with Crippen LogP contribution in [0.2, 0.25) is 0 Å². The van der Waals surface area contributed by atoms with Crippen LogP contribution in [0.1, 0.15) is 207 Å². The summed E-state index contributed by atoms with van der Waals surface area (Å²) in [6.07, 6.45) is 54.5. The van der Waals surface area contributed by atoms with Gasteiger partial charge in [-0.1, -0.05) is 158 Å². The topological polar surface area (TPSA) is 78.9 Å². The maximum atomic E-state index is 12.7. The van der Waals surface area contributed by atoms with Gasteiger partial charge in [-0.15, -0.1) is 0 Å². The van der Waals surface area contributed by atoms with Gasteiger partial charge in [0.05, 0.1) is 0 Å². The third kappa shape index (κ3) is 42.0. The number of carbonyl (C=O) groups is 3. The highest BCUT2D eigenvalue weighted by atomic mass is 16.6. The molecule has 0 rings (SSSR count). The Morgan fingerprint density at radius 1 is 0.375 bits per heavy atom. The molecule has 0 spiro atoms. The van der Waals surface area contributed by atoms with Crippen molar-refractivity contribution in [1.29, 1.82) is 0 Å². The maximum Gasteiger partial charge on any atom is 0.306 e. The molecule has 0 aliphatic carbocycles. The van der Waals surface area contributed by atoms with Crippen molar-refractivity contribution >= 4 is 17.9 Å². The Labute approximate surface area is 344 Å². The molecule has 0 fully saturated rings. The summed E-state index contributed by atoms with van der Waals surface area (Å²) in [6.45, 7) is 6.39. The summed E-state index contributed by atoms with van der Waals surface area (Å²) < 4.78 is 16.7. The van der Waals surface area contributed by atoms with Gasteiger partial charge in [0.15, 0.2) is 6.10 Å². The van der Waals surface area contributed by atoms with E-state index in [0.29, 0.717) is 19.3 Å². The van der Waals surface area contributed by atoms with E-state index in [2.05, 4.69) is 93.7 Å². The van der Waals surface area contributed by atoms with Crippen LogP contribution >= 0.6 is 0 Å². The lowest BCUT2D eigenvalue weighted by atomic mass is 10.1. The first-order chi connectivity index (χ1) is 27.5. The van der Waals surface area contributed by atoms with Crippen molar-refractivity contribution in [3.63, 3.8) is 0 Å². The first-order valence-electron chi connectivity index (χ1n) is 22.9. The average molecular weight is 781 g/mol. The molecule has 0 N–H and O–H groups in total. The smallest absolute Gasteiger partial charge is 0.306 e. The largest absolute Gasteiger partial charge is 0.462 e. The molecule has 0 unspecified atom stereocenters. The maximum absolute atomic E-state index is 12.7. The van der Waals surface area contributed by atoms with Gasteiger partial charge in [-0.2, -0.15) is 0 Å². The molecule has 0 aromatic rings. The summed E-state index contributed by atoms with van der Waals surface area (Å²) in [4.78, 5) is 37.7. The summed E-state index contributed by atoms with van der Waals surface area (Å²) in [7, 11) is 0. The predicted molar refractivity (Wildman–Crippen MR) is 238 cm³/mol. The van der Waals surface area contributed by atoms with Crippen LogP contribution in [0.3, 0.4) is 0 Å². The second-order valence-electron chi connectivity index (χ2n) is 14.9. The summed E-state index contributed by atoms with van der Waals surface area (Å²) in [5.74, 6) is -0.965. The number of ether oxygens (including phenoxy) is 3. The number of rotatable bonds is 40. The summed E-state index contributed by atoms with van der Waals surface area (Å²) in [6, 6.07) is 0. The monoisotopic (exact) mass is 781 g/mol. The van der Waals surface area contributed by atoms with Crippen LogP contribution in [-0.2, 0) is 28.6 Å². The summed E-state index contributed by atoms with van der Waals surface area (Å²) in [5, 5.41) is 0. The van der Waals surface area contributed by atoms with Crippen molar-refractivity contribution < 1.29 is 28.6 Å². The standard InChI is InChI=1S/C50H84O6/c1-4-7-10-13-16-19-22-24-25-26-29-31-34-37-40-43-49(52)55-46-47(45-54-48(51)42-39-36-33-30-27-21-18-15-12-9-6-3)56-50(53)44-41-38-35-32-28-23-20-17-14-11-8-5-2/h7,10,15-20,24-25,29,31,47H,4-6,8-9,11-14,21-23,26-28,30,32-46H2,1-3H3/b10-7-,18-15-,19-16-,20-17-,25-24-,31-29-/t47-/m1/s1. The molecule has 1 atom stereocenters. The lowest BCUT2D eigenvalue weighted by Crippen LogP contribution is -2.30. The lowest BCUT2D eigenvalue weighted by Gasteiger charge is -2.18. The zero-order valence-corrected chi connectivity index (χ0v) is 36.4. The Morgan fingerprint density at radius 2 is 0.714 bits per heavy atom. The Hall–Kier alpha value is -3.15. The van der Waals surface area contributed by atoms with Crippen LogP contribution in [0.15, 0.2) is 72.9 Å². The van der Waals surface area contributed by atoms with E-state index in [4.69, 9.17) is 14.2 Å². The molecular weight excluding hydrogens is 697 g/mol. The van der Waals surface area contributed by atoms with Crippen LogP contribution in [0.4, 0.5) is 0 Å². The zero-order valence-electron chi connectivity index (χ0n) is 36.4.